The molecule has 0 saturated heterocycles. The molecule has 1 aromatic carbocycles. The van der Waals surface area contributed by atoms with Gasteiger partial charge in [0.05, 0.1) is 5.60 Å². The van der Waals surface area contributed by atoms with Gasteiger partial charge in [-0.1, -0.05) is 25.0 Å². The molecule has 0 aromatic heterocycles. The van der Waals surface area contributed by atoms with Gasteiger partial charge in [0.25, 0.3) is 0 Å². The number of rotatable bonds is 4. The van der Waals surface area contributed by atoms with Crippen LogP contribution >= 0.6 is 0 Å². The van der Waals surface area contributed by atoms with E-state index in [4.69, 9.17) is 0 Å². The van der Waals surface area contributed by atoms with E-state index in [0.717, 1.165) is 31.2 Å². The Bertz CT molecular complexity index is 357. The highest BCUT2D eigenvalue weighted by molar-refractivity contribution is 5.19. The van der Waals surface area contributed by atoms with Crippen LogP contribution in [0.2, 0.25) is 0 Å². The zero-order valence-corrected chi connectivity index (χ0v) is 10.2. The van der Waals surface area contributed by atoms with E-state index in [1.165, 1.54) is 12.1 Å². The largest absolute Gasteiger partial charge is 0.389 e. The Labute approximate surface area is 102 Å². The summed E-state index contributed by atoms with van der Waals surface area (Å²) in [4.78, 5) is 0. The van der Waals surface area contributed by atoms with E-state index < -0.39 is 5.60 Å². The molecule has 17 heavy (non-hydrogen) atoms. The van der Waals surface area contributed by atoms with Crippen LogP contribution < -0.4 is 5.32 Å². The molecule has 94 valence electrons. The molecular weight excluding hydrogens is 217 g/mol. The Morgan fingerprint density at radius 3 is 2.47 bits per heavy atom. The quantitative estimate of drug-likeness (QED) is 0.844. The van der Waals surface area contributed by atoms with Crippen molar-refractivity contribution in [1.29, 1.82) is 0 Å². The number of aliphatic hydroxyl groups is 1. The van der Waals surface area contributed by atoms with Crippen molar-refractivity contribution < 1.29 is 9.50 Å². The Balaban J connectivity index is 1.88. The molecule has 3 heteroatoms. The van der Waals surface area contributed by atoms with Gasteiger partial charge in [-0.25, -0.2) is 4.39 Å². The van der Waals surface area contributed by atoms with E-state index in [0.29, 0.717) is 6.54 Å². The van der Waals surface area contributed by atoms with Crippen molar-refractivity contribution in [3.8, 4) is 0 Å². The van der Waals surface area contributed by atoms with E-state index in [1.807, 2.05) is 6.92 Å². The van der Waals surface area contributed by atoms with E-state index in [2.05, 4.69) is 5.32 Å². The van der Waals surface area contributed by atoms with Crippen molar-refractivity contribution in [2.24, 2.45) is 0 Å². The van der Waals surface area contributed by atoms with Gasteiger partial charge in [0, 0.05) is 12.6 Å². The van der Waals surface area contributed by atoms with Crippen molar-refractivity contribution in [2.75, 3.05) is 6.54 Å². The third kappa shape index (κ3) is 3.27. The first kappa shape index (κ1) is 12.5. The Kier molecular flexibility index (Phi) is 3.79. The minimum absolute atomic E-state index is 0.139. The lowest BCUT2D eigenvalue weighted by Gasteiger charge is -2.25. The van der Waals surface area contributed by atoms with Crippen molar-refractivity contribution in [2.45, 2.75) is 44.2 Å². The van der Waals surface area contributed by atoms with Crippen molar-refractivity contribution >= 4 is 0 Å². The molecule has 0 amide bonds. The van der Waals surface area contributed by atoms with E-state index in [-0.39, 0.29) is 11.9 Å². The highest BCUT2D eigenvalue weighted by atomic mass is 19.1. The van der Waals surface area contributed by atoms with Crippen LogP contribution in [0.15, 0.2) is 24.3 Å². The average molecular weight is 237 g/mol. The number of hydrogen-bond donors (Lipinski definition) is 2. The zero-order valence-electron chi connectivity index (χ0n) is 10.2. The predicted molar refractivity (Wildman–Crippen MR) is 66.2 cm³/mol. The zero-order chi connectivity index (χ0) is 12.3. The summed E-state index contributed by atoms with van der Waals surface area (Å²) in [6.07, 6.45) is 4.00. The maximum Gasteiger partial charge on any atom is 0.123 e. The summed E-state index contributed by atoms with van der Waals surface area (Å²) >= 11 is 0. The van der Waals surface area contributed by atoms with Gasteiger partial charge in [-0.15, -0.1) is 0 Å². The molecule has 0 unspecified atom stereocenters. The second-order valence-corrected chi connectivity index (χ2v) is 5.09. The fourth-order valence-electron chi connectivity index (χ4n) is 2.42. The van der Waals surface area contributed by atoms with Crippen molar-refractivity contribution in [3.05, 3.63) is 35.6 Å². The molecule has 0 heterocycles. The molecule has 1 fully saturated rings. The molecule has 2 nitrogen and oxygen atoms in total. The summed E-state index contributed by atoms with van der Waals surface area (Å²) in [5.41, 5.74) is 0.516. The van der Waals surface area contributed by atoms with Crippen LogP contribution in [-0.4, -0.2) is 17.3 Å². The van der Waals surface area contributed by atoms with Crippen LogP contribution in [0.3, 0.4) is 0 Å². The summed E-state index contributed by atoms with van der Waals surface area (Å²) < 4.78 is 12.8. The van der Waals surface area contributed by atoms with Gasteiger partial charge in [0.15, 0.2) is 0 Å². The molecule has 1 aliphatic rings. The van der Waals surface area contributed by atoms with Gasteiger partial charge >= 0.3 is 0 Å². The van der Waals surface area contributed by atoms with E-state index >= 15 is 0 Å². The first-order valence-electron chi connectivity index (χ1n) is 6.30. The molecule has 0 bridgehead atoms. The second kappa shape index (κ2) is 5.15. The molecular formula is C14H20FNO. The topological polar surface area (TPSA) is 32.3 Å². The molecule has 1 saturated carbocycles. The standard InChI is InChI=1S/C14H20FNO/c1-11(12-4-6-13(15)7-5-12)16-10-14(17)8-2-3-9-14/h4-7,11,16-17H,2-3,8-10H2,1H3/t11-/m0/s1. The highest BCUT2D eigenvalue weighted by Gasteiger charge is 2.30. The number of halogens is 1. The van der Waals surface area contributed by atoms with Gasteiger partial charge in [-0.05, 0) is 37.5 Å². The lowest BCUT2D eigenvalue weighted by Crippen LogP contribution is -2.39. The first-order valence-corrected chi connectivity index (χ1v) is 6.30. The lowest BCUT2D eigenvalue weighted by molar-refractivity contribution is 0.0453. The van der Waals surface area contributed by atoms with Gasteiger partial charge in [-0.2, -0.15) is 0 Å². The van der Waals surface area contributed by atoms with Crippen LogP contribution in [-0.2, 0) is 0 Å². The van der Waals surface area contributed by atoms with E-state index in [1.54, 1.807) is 12.1 Å². The first-order chi connectivity index (χ1) is 8.09. The minimum atomic E-state index is -0.533. The highest BCUT2D eigenvalue weighted by Crippen LogP contribution is 2.29. The number of hydrogen-bond acceptors (Lipinski definition) is 2. The Hall–Kier alpha value is -0.930. The Morgan fingerprint density at radius 1 is 1.29 bits per heavy atom. The third-order valence-electron chi connectivity index (χ3n) is 3.64. The predicted octanol–water partition coefficient (Wildman–Crippen LogP) is 2.78. The summed E-state index contributed by atoms with van der Waals surface area (Å²) in [5.74, 6) is -0.213. The third-order valence-corrected chi connectivity index (χ3v) is 3.64. The van der Waals surface area contributed by atoms with Crippen LogP contribution in [0.4, 0.5) is 4.39 Å². The van der Waals surface area contributed by atoms with Crippen LogP contribution in [0.25, 0.3) is 0 Å². The molecule has 2 rings (SSSR count). The average Bonchev–Trinajstić information content (AvgIpc) is 2.75. The molecule has 0 aliphatic heterocycles. The molecule has 1 atom stereocenters. The maximum absolute atomic E-state index is 12.8. The second-order valence-electron chi connectivity index (χ2n) is 5.09. The van der Waals surface area contributed by atoms with Crippen LogP contribution in [0.1, 0.15) is 44.2 Å². The molecule has 2 N–H and O–H groups in total. The molecule has 1 aliphatic carbocycles. The van der Waals surface area contributed by atoms with E-state index in [9.17, 15) is 9.50 Å². The van der Waals surface area contributed by atoms with Gasteiger partial charge in [-0.3, -0.25) is 0 Å². The number of benzene rings is 1. The van der Waals surface area contributed by atoms with Crippen LogP contribution in [0.5, 0.6) is 0 Å². The van der Waals surface area contributed by atoms with Crippen molar-refractivity contribution in [3.63, 3.8) is 0 Å². The Morgan fingerprint density at radius 2 is 1.88 bits per heavy atom. The summed E-state index contributed by atoms with van der Waals surface area (Å²) in [7, 11) is 0. The summed E-state index contributed by atoms with van der Waals surface area (Å²) in [6.45, 7) is 2.65. The van der Waals surface area contributed by atoms with Crippen molar-refractivity contribution in [1.82, 2.24) is 5.32 Å². The normalized spacial score (nSPS) is 20.4. The summed E-state index contributed by atoms with van der Waals surface area (Å²) in [5, 5.41) is 13.5. The molecule has 0 spiro atoms. The fraction of sp³-hybridized carbons (Fsp3) is 0.571. The lowest BCUT2D eigenvalue weighted by atomic mass is 10.0. The fourth-order valence-corrected chi connectivity index (χ4v) is 2.42. The smallest absolute Gasteiger partial charge is 0.123 e. The monoisotopic (exact) mass is 237 g/mol. The van der Waals surface area contributed by atoms with Gasteiger partial charge < -0.3 is 10.4 Å². The van der Waals surface area contributed by atoms with Gasteiger partial charge in [0.2, 0.25) is 0 Å². The van der Waals surface area contributed by atoms with Gasteiger partial charge in [0.1, 0.15) is 5.82 Å². The maximum atomic E-state index is 12.8. The SMILES string of the molecule is C[C@H](NCC1(O)CCCC1)c1ccc(F)cc1. The van der Waals surface area contributed by atoms with Crippen LogP contribution in [0, 0.1) is 5.82 Å². The molecule has 1 aromatic rings. The minimum Gasteiger partial charge on any atom is -0.389 e. The number of nitrogens with one attached hydrogen (secondary N) is 1. The summed E-state index contributed by atoms with van der Waals surface area (Å²) in [6, 6.07) is 6.65. The molecule has 0 radical (unpaired) electrons.